The quantitative estimate of drug-likeness (QED) is 0.926. The van der Waals surface area contributed by atoms with Crippen molar-refractivity contribution < 1.29 is 13.5 Å². The van der Waals surface area contributed by atoms with Crippen LogP contribution in [-0.2, 0) is 16.6 Å². The van der Waals surface area contributed by atoms with Gasteiger partial charge in [0.1, 0.15) is 0 Å². The molecule has 2 heterocycles. The first-order valence-corrected chi connectivity index (χ1v) is 8.49. The Balaban J connectivity index is 2.36. The maximum atomic E-state index is 12.6. The van der Waals surface area contributed by atoms with Crippen LogP contribution in [0.4, 0.5) is 0 Å². The predicted octanol–water partition coefficient (Wildman–Crippen LogP) is 2.05. The third-order valence-corrected chi connectivity index (χ3v) is 6.86. The SMILES string of the molecule is CC1CCCN(S(=O)(=O)c2ccsc2CO)C1C. The monoisotopic (exact) mass is 289 g/mol. The van der Waals surface area contributed by atoms with Gasteiger partial charge in [-0.2, -0.15) is 4.31 Å². The summed E-state index contributed by atoms with van der Waals surface area (Å²) in [4.78, 5) is 0.802. The van der Waals surface area contributed by atoms with Crippen LogP contribution in [0.3, 0.4) is 0 Å². The summed E-state index contributed by atoms with van der Waals surface area (Å²) < 4.78 is 26.8. The van der Waals surface area contributed by atoms with Gasteiger partial charge in [0.15, 0.2) is 0 Å². The number of sulfonamides is 1. The van der Waals surface area contributed by atoms with Gasteiger partial charge in [0, 0.05) is 17.5 Å². The molecular weight excluding hydrogens is 270 g/mol. The summed E-state index contributed by atoms with van der Waals surface area (Å²) in [6, 6.07) is 1.62. The van der Waals surface area contributed by atoms with Crippen molar-refractivity contribution in [1.29, 1.82) is 0 Å². The lowest BCUT2D eigenvalue weighted by Gasteiger charge is -2.36. The summed E-state index contributed by atoms with van der Waals surface area (Å²) in [6.45, 7) is 4.41. The first kappa shape index (κ1) is 14.0. The maximum absolute atomic E-state index is 12.6. The summed E-state index contributed by atoms with van der Waals surface area (Å²) >= 11 is 1.29. The zero-order valence-electron chi connectivity index (χ0n) is 10.7. The Morgan fingerprint density at radius 1 is 1.50 bits per heavy atom. The zero-order valence-corrected chi connectivity index (χ0v) is 12.3. The van der Waals surface area contributed by atoms with E-state index in [4.69, 9.17) is 0 Å². The minimum atomic E-state index is -3.46. The Hall–Kier alpha value is -0.430. The van der Waals surface area contributed by atoms with Crippen molar-refractivity contribution >= 4 is 21.4 Å². The molecule has 1 aromatic heterocycles. The highest BCUT2D eigenvalue weighted by atomic mass is 32.2. The minimum absolute atomic E-state index is 0.0233. The van der Waals surface area contributed by atoms with E-state index >= 15 is 0 Å². The van der Waals surface area contributed by atoms with E-state index in [2.05, 4.69) is 6.92 Å². The molecule has 1 aliphatic rings. The average molecular weight is 289 g/mol. The highest BCUT2D eigenvalue weighted by Gasteiger charge is 2.35. The van der Waals surface area contributed by atoms with Gasteiger partial charge in [0.25, 0.3) is 0 Å². The lowest BCUT2D eigenvalue weighted by molar-refractivity contribution is 0.202. The number of nitrogens with zero attached hydrogens (tertiary/aromatic N) is 1. The van der Waals surface area contributed by atoms with E-state index in [1.165, 1.54) is 11.3 Å². The molecule has 6 heteroatoms. The largest absolute Gasteiger partial charge is 0.391 e. The van der Waals surface area contributed by atoms with Crippen LogP contribution in [0.25, 0.3) is 0 Å². The molecule has 0 aliphatic carbocycles. The Kier molecular flexibility index (Phi) is 4.11. The van der Waals surface area contributed by atoms with Crippen LogP contribution in [0.2, 0.25) is 0 Å². The van der Waals surface area contributed by atoms with Crippen LogP contribution >= 0.6 is 11.3 Å². The van der Waals surface area contributed by atoms with Gasteiger partial charge in [-0.05, 0) is 37.1 Å². The standard InChI is InChI=1S/C12H19NO3S2/c1-9-4-3-6-13(10(9)2)18(15,16)12-5-7-17-11(12)8-14/h5,7,9-10,14H,3-4,6,8H2,1-2H3. The average Bonchev–Trinajstić information content (AvgIpc) is 2.81. The smallest absolute Gasteiger partial charge is 0.244 e. The fourth-order valence-corrected chi connectivity index (χ4v) is 5.47. The molecule has 2 atom stereocenters. The van der Waals surface area contributed by atoms with Crippen LogP contribution in [0.1, 0.15) is 31.6 Å². The van der Waals surface area contributed by atoms with E-state index in [1.807, 2.05) is 6.92 Å². The molecule has 0 bridgehead atoms. The minimum Gasteiger partial charge on any atom is -0.391 e. The second-order valence-electron chi connectivity index (χ2n) is 4.84. The Morgan fingerprint density at radius 3 is 2.89 bits per heavy atom. The molecule has 2 rings (SSSR count). The summed E-state index contributed by atoms with van der Waals surface area (Å²) in [5, 5.41) is 10.9. The number of aliphatic hydroxyl groups is 1. The van der Waals surface area contributed by atoms with Crippen molar-refractivity contribution in [2.45, 2.75) is 44.2 Å². The molecule has 1 N–H and O–H groups in total. The number of thiophene rings is 1. The molecule has 0 saturated carbocycles. The molecule has 1 aliphatic heterocycles. The molecule has 0 amide bonds. The predicted molar refractivity (Wildman–Crippen MR) is 72.0 cm³/mol. The van der Waals surface area contributed by atoms with Crippen molar-refractivity contribution in [3.05, 3.63) is 16.3 Å². The lowest BCUT2D eigenvalue weighted by Crippen LogP contribution is -2.45. The van der Waals surface area contributed by atoms with Crippen molar-refractivity contribution in [2.75, 3.05) is 6.54 Å². The third-order valence-electron chi connectivity index (χ3n) is 3.75. The molecule has 1 aromatic rings. The number of rotatable bonds is 3. The molecule has 18 heavy (non-hydrogen) atoms. The van der Waals surface area contributed by atoms with Gasteiger partial charge in [-0.25, -0.2) is 8.42 Å². The Morgan fingerprint density at radius 2 is 2.22 bits per heavy atom. The van der Waals surface area contributed by atoms with Crippen molar-refractivity contribution in [3.8, 4) is 0 Å². The van der Waals surface area contributed by atoms with Gasteiger partial charge >= 0.3 is 0 Å². The molecule has 2 unspecified atom stereocenters. The molecule has 0 radical (unpaired) electrons. The first-order chi connectivity index (χ1) is 8.48. The van der Waals surface area contributed by atoms with Gasteiger partial charge in [-0.15, -0.1) is 11.3 Å². The highest BCUT2D eigenvalue weighted by molar-refractivity contribution is 7.89. The molecule has 1 saturated heterocycles. The van der Waals surface area contributed by atoms with Crippen molar-refractivity contribution in [2.24, 2.45) is 5.92 Å². The van der Waals surface area contributed by atoms with E-state index in [-0.39, 0.29) is 17.5 Å². The summed E-state index contributed by atoms with van der Waals surface area (Å²) in [5.74, 6) is 0.379. The maximum Gasteiger partial charge on any atom is 0.244 e. The molecule has 0 spiro atoms. The van der Waals surface area contributed by atoms with E-state index < -0.39 is 10.0 Å². The summed E-state index contributed by atoms with van der Waals surface area (Å²) in [7, 11) is -3.46. The fraction of sp³-hybridized carbons (Fsp3) is 0.667. The van der Waals surface area contributed by atoms with Crippen LogP contribution in [-0.4, -0.2) is 30.4 Å². The number of hydrogen-bond acceptors (Lipinski definition) is 4. The van der Waals surface area contributed by atoms with Crippen LogP contribution < -0.4 is 0 Å². The first-order valence-electron chi connectivity index (χ1n) is 6.17. The van der Waals surface area contributed by atoms with Crippen LogP contribution in [0.5, 0.6) is 0 Å². The Bertz CT molecular complexity index is 509. The topological polar surface area (TPSA) is 57.6 Å². The zero-order chi connectivity index (χ0) is 13.3. The van der Waals surface area contributed by atoms with Crippen LogP contribution in [0, 0.1) is 5.92 Å². The fourth-order valence-electron chi connectivity index (χ4n) is 2.44. The van der Waals surface area contributed by atoms with E-state index in [9.17, 15) is 13.5 Å². The van der Waals surface area contributed by atoms with Gasteiger partial charge < -0.3 is 5.11 Å². The van der Waals surface area contributed by atoms with Crippen molar-refractivity contribution in [1.82, 2.24) is 4.31 Å². The van der Waals surface area contributed by atoms with Gasteiger partial charge in [-0.1, -0.05) is 6.92 Å². The van der Waals surface area contributed by atoms with Gasteiger partial charge in [-0.3, -0.25) is 0 Å². The Labute approximate surface area is 112 Å². The number of hydrogen-bond donors (Lipinski definition) is 1. The summed E-state index contributed by atoms with van der Waals surface area (Å²) in [5.41, 5.74) is 0. The number of piperidine rings is 1. The van der Waals surface area contributed by atoms with Gasteiger partial charge in [0.05, 0.1) is 11.5 Å². The van der Waals surface area contributed by atoms with E-state index in [1.54, 1.807) is 15.8 Å². The second-order valence-corrected chi connectivity index (χ2v) is 7.70. The van der Waals surface area contributed by atoms with Crippen molar-refractivity contribution in [3.63, 3.8) is 0 Å². The molecule has 102 valence electrons. The summed E-state index contributed by atoms with van der Waals surface area (Å²) in [6.07, 6.45) is 1.98. The normalized spacial score (nSPS) is 26.4. The number of aliphatic hydroxyl groups excluding tert-OH is 1. The third kappa shape index (κ3) is 2.34. The second kappa shape index (κ2) is 5.28. The van der Waals surface area contributed by atoms with E-state index in [0.717, 1.165) is 12.8 Å². The van der Waals surface area contributed by atoms with Gasteiger partial charge in [0.2, 0.25) is 10.0 Å². The van der Waals surface area contributed by atoms with E-state index in [0.29, 0.717) is 17.3 Å². The molecule has 4 nitrogen and oxygen atoms in total. The molecular formula is C12H19NO3S2. The highest BCUT2D eigenvalue weighted by Crippen LogP contribution is 2.31. The lowest BCUT2D eigenvalue weighted by atomic mass is 9.94. The van der Waals surface area contributed by atoms with Crippen LogP contribution in [0.15, 0.2) is 16.3 Å². The molecule has 0 aromatic carbocycles. The molecule has 1 fully saturated rings.